The van der Waals surface area contributed by atoms with Gasteiger partial charge in [-0.1, -0.05) is 0 Å². The van der Waals surface area contributed by atoms with Gasteiger partial charge in [-0.3, -0.25) is 4.79 Å². The van der Waals surface area contributed by atoms with E-state index in [2.05, 4.69) is 29.4 Å². The topological polar surface area (TPSA) is 71.3 Å². The van der Waals surface area contributed by atoms with E-state index in [4.69, 9.17) is 4.42 Å². The van der Waals surface area contributed by atoms with E-state index in [1.165, 1.54) is 6.39 Å². The lowest BCUT2D eigenvalue weighted by atomic mass is 9.97. The molecule has 1 aliphatic rings. The Labute approximate surface area is 107 Å². The molecule has 1 aromatic heterocycles. The van der Waals surface area contributed by atoms with Crippen LogP contribution in [0.4, 0.5) is 0 Å². The third-order valence-electron chi connectivity index (χ3n) is 3.62. The summed E-state index contributed by atoms with van der Waals surface area (Å²) in [5, 5.41) is 10.6. The molecule has 100 valence electrons. The van der Waals surface area contributed by atoms with E-state index < -0.39 is 0 Å². The van der Waals surface area contributed by atoms with Crippen molar-refractivity contribution in [2.24, 2.45) is 0 Å². The molecule has 1 N–H and O–H groups in total. The minimum absolute atomic E-state index is 0.109. The molecule has 0 saturated carbocycles. The van der Waals surface area contributed by atoms with Gasteiger partial charge in [-0.25, -0.2) is 0 Å². The van der Waals surface area contributed by atoms with Crippen LogP contribution in [-0.4, -0.2) is 39.6 Å². The molecule has 0 spiro atoms. The summed E-state index contributed by atoms with van der Waals surface area (Å²) in [4.78, 5) is 14.3. The third-order valence-corrected chi connectivity index (χ3v) is 3.62. The second kappa shape index (κ2) is 5.06. The summed E-state index contributed by atoms with van der Waals surface area (Å²) in [5.41, 5.74) is -0.183. The molecule has 1 unspecified atom stereocenters. The average Bonchev–Trinajstić information content (AvgIpc) is 2.80. The number of carbonyl (C=O) groups excluding carboxylic acids is 1. The second-order valence-corrected chi connectivity index (χ2v) is 5.30. The molecule has 1 fully saturated rings. The SMILES string of the molecule is CNC1CCCC(C)(C)N(Cc2nnco2)C1=O. The number of amides is 1. The van der Waals surface area contributed by atoms with Crippen LogP contribution in [0.2, 0.25) is 0 Å². The molecule has 1 aliphatic heterocycles. The van der Waals surface area contributed by atoms with Crippen molar-refractivity contribution < 1.29 is 9.21 Å². The van der Waals surface area contributed by atoms with Crippen LogP contribution in [0.25, 0.3) is 0 Å². The molecule has 6 nitrogen and oxygen atoms in total. The molecule has 1 amide bonds. The van der Waals surface area contributed by atoms with Crippen LogP contribution >= 0.6 is 0 Å². The summed E-state index contributed by atoms with van der Waals surface area (Å²) < 4.78 is 5.15. The number of likely N-dealkylation sites (tertiary alicyclic amines) is 1. The Morgan fingerprint density at radius 1 is 1.61 bits per heavy atom. The summed E-state index contributed by atoms with van der Waals surface area (Å²) >= 11 is 0. The summed E-state index contributed by atoms with van der Waals surface area (Å²) in [6.07, 6.45) is 4.18. The quantitative estimate of drug-likeness (QED) is 0.867. The van der Waals surface area contributed by atoms with Crippen LogP contribution in [0.3, 0.4) is 0 Å². The number of aromatic nitrogens is 2. The van der Waals surface area contributed by atoms with Crippen molar-refractivity contribution in [3.05, 3.63) is 12.3 Å². The monoisotopic (exact) mass is 252 g/mol. The first-order valence-electron chi connectivity index (χ1n) is 6.28. The number of likely N-dealkylation sites (N-methyl/N-ethyl adjacent to an activating group) is 1. The first-order valence-corrected chi connectivity index (χ1v) is 6.28. The van der Waals surface area contributed by atoms with E-state index in [-0.39, 0.29) is 17.5 Å². The van der Waals surface area contributed by atoms with Gasteiger partial charge in [-0.05, 0) is 40.2 Å². The fraction of sp³-hybridized carbons (Fsp3) is 0.750. The van der Waals surface area contributed by atoms with Gasteiger partial charge in [-0.2, -0.15) is 0 Å². The Kier molecular flexibility index (Phi) is 3.65. The minimum Gasteiger partial charge on any atom is -0.426 e. The lowest BCUT2D eigenvalue weighted by Gasteiger charge is -2.37. The van der Waals surface area contributed by atoms with Crippen LogP contribution in [-0.2, 0) is 11.3 Å². The van der Waals surface area contributed by atoms with Crippen molar-refractivity contribution in [1.29, 1.82) is 0 Å². The maximum atomic E-state index is 12.5. The Bertz CT molecular complexity index is 402. The molecular weight excluding hydrogens is 232 g/mol. The maximum absolute atomic E-state index is 12.5. The number of carbonyl (C=O) groups is 1. The average molecular weight is 252 g/mol. The van der Waals surface area contributed by atoms with Gasteiger partial charge in [0.1, 0.15) is 0 Å². The van der Waals surface area contributed by atoms with Crippen molar-refractivity contribution in [2.45, 2.75) is 51.2 Å². The zero-order valence-electron chi connectivity index (χ0n) is 11.1. The van der Waals surface area contributed by atoms with Gasteiger partial charge >= 0.3 is 0 Å². The standard InChI is InChI=1S/C12H20N4O2/c1-12(2)6-4-5-9(13-3)11(17)16(12)7-10-15-14-8-18-10/h8-9,13H,4-7H2,1-3H3. The highest BCUT2D eigenvalue weighted by atomic mass is 16.4. The molecule has 1 atom stereocenters. The van der Waals surface area contributed by atoms with Crippen LogP contribution in [0.1, 0.15) is 39.0 Å². The lowest BCUT2D eigenvalue weighted by Crippen LogP contribution is -2.51. The van der Waals surface area contributed by atoms with E-state index in [1.807, 2.05) is 11.9 Å². The molecule has 18 heavy (non-hydrogen) atoms. The van der Waals surface area contributed by atoms with E-state index in [9.17, 15) is 4.79 Å². The van der Waals surface area contributed by atoms with Crippen molar-refractivity contribution in [3.8, 4) is 0 Å². The van der Waals surface area contributed by atoms with Gasteiger partial charge in [-0.15, -0.1) is 10.2 Å². The molecule has 2 heterocycles. The van der Waals surface area contributed by atoms with Crippen LogP contribution in [0, 0.1) is 0 Å². The maximum Gasteiger partial charge on any atom is 0.240 e. The highest BCUT2D eigenvalue weighted by Crippen LogP contribution is 2.28. The molecule has 0 aliphatic carbocycles. The number of rotatable bonds is 3. The summed E-state index contributed by atoms with van der Waals surface area (Å²) in [5.74, 6) is 0.589. The minimum atomic E-state index is -0.183. The molecule has 1 saturated heterocycles. The number of nitrogens with one attached hydrogen (secondary N) is 1. The van der Waals surface area contributed by atoms with Crippen molar-refractivity contribution in [2.75, 3.05) is 7.05 Å². The van der Waals surface area contributed by atoms with Crippen molar-refractivity contribution >= 4 is 5.91 Å². The largest absolute Gasteiger partial charge is 0.426 e. The van der Waals surface area contributed by atoms with Gasteiger partial charge in [0.15, 0.2) is 0 Å². The smallest absolute Gasteiger partial charge is 0.240 e. The Morgan fingerprint density at radius 3 is 3.00 bits per heavy atom. The van der Waals surface area contributed by atoms with Gasteiger partial charge in [0.2, 0.25) is 18.2 Å². The molecule has 1 aromatic rings. The predicted molar refractivity (Wildman–Crippen MR) is 65.6 cm³/mol. The van der Waals surface area contributed by atoms with Gasteiger partial charge in [0.05, 0.1) is 12.6 Å². The predicted octanol–water partition coefficient (Wildman–Crippen LogP) is 0.949. The molecular formula is C12H20N4O2. The van der Waals surface area contributed by atoms with Crippen LogP contribution in [0.5, 0.6) is 0 Å². The Morgan fingerprint density at radius 2 is 2.39 bits per heavy atom. The van der Waals surface area contributed by atoms with Crippen molar-refractivity contribution in [1.82, 2.24) is 20.4 Å². The zero-order valence-corrected chi connectivity index (χ0v) is 11.1. The first kappa shape index (κ1) is 13.0. The number of hydrogen-bond acceptors (Lipinski definition) is 5. The molecule has 0 aromatic carbocycles. The zero-order chi connectivity index (χ0) is 13.2. The van der Waals surface area contributed by atoms with E-state index in [0.717, 1.165) is 19.3 Å². The van der Waals surface area contributed by atoms with E-state index in [0.29, 0.717) is 12.4 Å². The van der Waals surface area contributed by atoms with Crippen LogP contribution < -0.4 is 5.32 Å². The molecule has 0 bridgehead atoms. The lowest BCUT2D eigenvalue weighted by molar-refractivity contribution is -0.139. The summed E-state index contributed by atoms with van der Waals surface area (Å²) in [6.45, 7) is 4.54. The Hall–Kier alpha value is -1.43. The highest BCUT2D eigenvalue weighted by Gasteiger charge is 2.37. The third kappa shape index (κ3) is 2.53. The van der Waals surface area contributed by atoms with E-state index in [1.54, 1.807) is 0 Å². The van der Waals surface area contributed by atoms with Gasteiger partial charge < -0.3 is 14.6 Å². The normalized spacial score (nSPS) is 24.1. The fourth-order valence-electron chi connectivity index (χ4n) is 2.44. The molecule has 0 radical (unpaired) electrons. The van der Waals surface area contributed by atoms with Crippen molar-refractivity contribution in [3.63, 3.8) is 0 Å². The number of hydrogen-bond donors (Lipinski definition) is 1. The summed E-state index contributed by atoms with van der Waals surface area (Å²) in [6, 6.07) is -0.116. The second-order valence-electron chi connectivity index (χ2n) is 5.30. The van der Waals surface area contributed by atoms with E-state index >= 15 is 0 Å². The fourth-order valence-corrected chi connectivity index (χ4v) is 2.44. The van der Waals surface area contributed by atoms with Gasteiger partial charge in [0.25, 0.3) is 0 Å². The van der Waals surface area contributed by atoms with Crippen LogP contribution in [0.15, 0.2) is 10.8 Å². The first-order chi connectivity index (χ1) is 8.54. The summed E-state index contributed by atoms with van der Waals surface area (Å²) in [7, 11) is 1.83. The highest BCUT2D eigenvalue weighted by molar-refractivity contribution is 5.82. The number of nitrogens with zero attached hydrogens (tertiary/aromatic N) is 3. The van der Waals surface area contributed by atoms with Gasteiger partial charge in [0, 0.05) is 5.54 Å². The molecule has 6 heteroatoms. The Balaban J connectivity index is 2.22. The molecule has 2 rings (SSSR count).